The van der Waals surface area contributed by atoms with Gasteiger partial charge in [-0.05, 0) is 5.56 Å². The predicted octanol–water partition coefficient (Wildman–Crippen LogP) is 1.43. The monoisotopic (exact) mass is 336 g/mol. The quantitative estimate of drug-likeness (QED) is 0.724. The molecule has 1 N–H and O–H groups in total. The van der Waals surface area contributed by atoms with Crippen LogP contribution in [0.25, 0.3) is 0 Å². The van der Waals surface area contributed by atoms with Crippen molar-refractivity contribution in [1.29, 1.82) is 0 Å². The molecule has 1 aliphatic heterocycles. The van der Waals surface area contributed by atoms with E-state index in [0.29, 0.717) is 19.7 Å². The summed E-state index contributed by atoms with van der Waals surface area (Å²) < 4.78 is 10.6. The smallest absolute Gasteiger partial charge is 0.410 e. The van der Waals surface area contributed by atoms with Crippen molar-refractivity contribution in [2.75, 3.05) is 45.9 Å². The zero-order valence-electron chi connectivity index (χ0n) is 13.7. The Labute approximate surface area is 141 Å². The van der Waals surface area contributed by atoms with Gasteiger partial charge in [-0.3, -0.25) is 9.69 Å². The number of hydrogen-bond acceptors (Lipinski definition) is 5. The molecule has 24 heavy (non-hydrogen) atoms. The highest BCUT2D eigenvalue weighted by molar-refractivity contribution is 5.67. The molecule has 1 aliphatic rings. The lowest BCUT2D eigenvalue weighted by Crippen LogP contribution is -2.49. The molecule has 0 bridgehead atoms. The van der Waals surface area contributed by atoms with Crippen LogP contribution in [0.1, 0.15) is 12.0 Å². The molecule has 1 heterocycles. The minimum absolute atomic E-state index is 0.0288. The minimum atomic E-state index is -0.849. The van der Waals surface area contributed by atoms with Crippen LogP contribution in [0.3, 0.4) is 0 Å². The van der Waals surface area contributed by atoms with Crippen LogP contribution in [0.4, 0.5) is 4.79 Å². The second kappa shape index (κ2) is 9.89. The fourth-order valence-corrected chi connectivity index (χ4v) is 2.42. The molecule has 132 valence electrons. The number of carbonyl (C=O) groups excluding carboxylic acids is 1. The maximum atomic E-state index is 12.0. The Balaban J connectivity index is 1.58. The Morgan fingerprint density at radius 3 is 2.42 bits per heavy atom. The average Bonchev–Trinajstić information content (AvgIpc) is 2.60. The number of nitrogens with zero attached hydrogens (tertiary/aromatic N) is 2. The van der Waals surface area contributed by atoms with Crippen LogP contribution in [0.2, 0.25) is 0 Å². The van der Waals surface area contributed by atoms with E-state index in [0.717, 1.165) is 25.2 Å². The molecule has 0 aromatic heterocycles. The molecule has 0 spiro atoms. The Bertz CT molecular complexity index is 515. The molecule has 7 heteroatoms. The first kappa shape index (κ1) is 18.2. The first-order valence-corrected chi connectivity index (χ1v) is 8.12. The maximum Gasteiger partial charge on any atom is 0.410 e. The van der Waals surface area contributed by atoms with E-state index >= 15 is 0 Å². The van der Waals surface area contributed by atoms with Gasteiger partial charge in [0.15, 0.2) is 0 Å². The standard InChI is InChI=1S/C17H24N2O5/c20-16(21)6-12-23-13-11-18-7-9-19(10-8-18)17(22)24-14-15-4-2-1-3-5-15/h1-5H,6-14H2,(H,20,21). The SMILES string of the molecule is O=C(O)CCOCCN1CCN(C(=O)OCc2ccccc2)CC1. The first-order chi connectivity index (χ1) is 11.6. The third-order valence-electron chi connectivity index (χ3n) is 3.85. The van der Waals surface area contributed by atoms with Gasteiger partial charge in [0.05, 0.1) is 19.6 Å². The van der Waals surface area contributed by atoms with Crippen molar-refractivity contribution >= 4 is 12.1 Å². The lowest BCUT2D eigenvalue weighted by molar-refractivity contribution is -0.138. The zero-order chi connectivity index (χ0) is 17.2. The van der Waals surface area contributed by atoms with E-state index < -0.39 is 5.97 Å². The second-order valence-electron chi connectivity index (χ2n) is 5.62. The maximum absolute atomic E-state index is 12.0. The Kier molecular flexibility index (Phi) is 7.51. The van der Waals surface area contributed by atoms with Gasteiger partial charge >= 0.3 is 12.1 Å². The Morgan fingerprint density at radius 1 is 1.04 bits per heavy atom. The highest BCUT2D eigenvalue weighted by Gasteiger charge is 2.21. The van der Waals surface area contributed by atoms with Gasteiger partial charge < -0.3 is 19.5 Å². The number of rotatable bonds is 8. The fraction of sp³-hybridized carbons (Fsp3) is 0.529. The fourth-order valence-electron chi connectivity index (χ4n) is 2.42. The lowest BCUT2D eigenvalue weighted by Gasteiger charge is -2.33. The average molecular weight is 336 g/mol. The van der Waals surface area contributed by atoms with Crippen molar-refractivity contribution in [1.82, 2.24) is 9.80 Å². The molecule has 0 aliphatic carbocycles. The molecule has 1 amide bonds. The number of piperazine rings is 1. The summed E-state index contributed by atoms with van der Waals surface area (Å²) >= 11 is 0. The molecular weight excluding hydrogens is 312 g/mol. The summed E-state index contributed by atoms with van der Waals surface area (Å²) in [5.41, 5.74) is 0.975. The van der Waals surface area contributed by atoms with Crippen LogP contribution < -0.4 is 0 Å². The van der Waals surface area contributed by atoms with Gasteiger partial charge in [-0.2, -0.15) is 0 Å². The van der Waals surface area contributed by atoms with Crippen LogP contribution in [0.15, 0.2) is 30.3 Å². The van der Waals surface area contributed by atoms with Crippen molar-refractivity contribution in [2.24, 2.45) is 0 Å². The predicted molar refractivity (Wildman–Crippen MR) is 87.7 cm³/mol. The number of aliphatic carboxylic acids is 1. The van der Waals surface area contributed by atoms with Crippen LogP contribution in [0, 0.1) is 0 Å². The molecule has 1 aromatic carbocycles. The highest BCUT2D eigenvalue weighted by Crippen LogP contribution is 2.07. The van der Waals surface area contributed by atoms with E-state index in [2.05, 4.69) is 4.90 Å². The van der Waals surface area contributed by atoms with Crippen molar-refractivity contribution in [2.45, 2.75) is 13.0 Å². The van der Waals surface area contributed by atoms with Gasteiger partial charge in [0.25, 0.3) is 0 Å². The highest BCUT2D eigenvalue weighted by atomic mass is 16.6. The lowest BCUT2D eigenvalue weighted by atomic mass is 10.2. The summed E-state index contributed by atoms with van der Waals surface area (Å²) in [6, 6.07) is 9.61. The third kappa shape index (κ3) is 6.55. The molecule has 0 saturated carbocycles. The van der Waals surface area contributed by atoms with Gasteiger partial charge in [0.2, 0.25) is 0 Å². The summed E-state index contributed by atoms with van der Waals surface area (Å²) in [5.74, 6) is -0.849. The summed E-state index contributed by atoms with van der Waals surface area (Å²) in [6.45, 7) is 4.56. The first-order valence-electron chi connectivity index (χ1n) is 8.12. The van der Waals surface area contributed by atoms with Gasteiger partial charge in [-0.1, -0.05) is 30.3 Å². The molecule has 2 rings (SSSR count). The molecule has 1 aromatic rings. The number of carboxylic acid groups (broad SMARTS) is 1. The van der Waals surface area contributed by atoms with Gasteiger partial charge in [0.1, 0.15) is 6.61 Å². The van der Waals surface area contributed by atoms with E-state index in [4.69, 9.17) is 14.6 Å². The van der Waals surface area contributed by atoms with Crippen LogP contribution in [-0.4, -0.2) is 72.9 Å². The van der Waals surface area contributed by atoms with Crippen molar-refractivity contribution < 1.29 is 24.2 Å². The summed E-state index contributed by atoms with van der Waals surface area (Å²) in [6.07, 6.45) is -0.252. The van der Waals surface area contributed by atoms with E-state index in [-0.39, 0.29) is 25.7 Å². The van der Waals surface area contributed by atoms with E-state index in [1.807, 2.05) is 30.3 Å². The van der Waals surface area contributed by atoms with Crippen molar-refractivity contribution in [3.8, 4) is 0 Å². The number of amides is 1. The van der Waals surface area contributed by atoms with Crippen LogP contribution >= 0.6 is 0 Å². The molecule has 0 unspecified atom stereocenters. The molecule has 1 saturated heterocycles. The largest absolute Gasteiger partial charge is 0.481 e. The van der Waals surface area contributed by atoms with Crippen molar-refractivity contribution in [3.05, 3.63) is 35.9 Å². The topological polar surface area (TPSA) is 79.3 Å². The van der Waals surface area contributed by atoms with E-state index in [9.17, 15) is 9.59 Å². The molecular formula is C17H24N2O5. The molecule has 7 nitrogen and oxygen atoms in total. The molecule has 1 fully saturated rings. The number of benzene rings is 1. The number of ether oxygens (including phenoxy) is 2. The number of carboxylic acids is 1. The van der Waals surface area contributed by atoms with Gasteiger partial charge in [-0.25, -0.2) is 4.79 Å². The van der Waals surface area contributed by atoms with Crippen LogP contribution in [-0.2, 0) is 20.9 Å². The van der Waals surface area contributed by atoms with E-state index in [1.165, 1.54) is 0 Å². The summed E-state index contributed by atoms with van der Waals surface area (Å²) in [7, 11) is 0. The Hall–Kier alpha value is -2.12. The van der Waals surface area contributed by atoms with Crippen molar-refractivity contribution in [3.63, 3.8) is 0 Å². The summed E-state index contributed by atoms with van der Waals surface area (Å²) in [5, 5.41) is 8.52. The Morgan fingerprint density at radius 2 is 1.75 bits per heavy atom. The van der Waals surface area contributed by atoms with Gasteiger partial charge in [-0.15, -0.1) is 0 Å². The normalized spacial score (nSPS) is 15.2. The number of hydrogen-bond donors (Lipinski definition) is 1. The minimum Gasteiger partial charge on any atom is -0.481 e. The van der Waals surface area contributed by atoms with E-state index in [1.54, 1.807) is 4.90 Å². The molecule has 0 atom stereocenters. The zero-order valence-corrected chi connectivity index (χ0v) is 13.7. The summed E-state index contributed by atoms with van der Waals surface area (Å²) in [4.78, 5) is 26.3. The molecule has 0 radical (unpaired) electrons. The second-order valence-corrected chi connectivity index (χ2v) is 5.62. The van der Waals surface area contributed by atoms with Crippen LogP contribution in [0.5, 0.6) is 0 Å². The van der Waals surface area contributed by atoms with Gasteiger partial charge in [0, 0.05) is 32.7 Å². The third-order valence-corrected chi connectivity index (χ3v) is 3.85. The number of carbonyl (C=O) groups is 2.